The molecule has 1 aromatic heterocycles. The van der Waals surface area contributed by atoms with Gasteiger partial charge >= 0.3 is 0 Å². The molecule has 0 saturated heterocycles. The van der Waals surface area contributed by atoms with Gasteiger partial charge in [0.2, 0.25) is 0 Å². The van der Waals surface area contributed by atoms with E-state index in [1.54, 1.807) is 6.07 Å². The molecule has 2 aromatic carbocycles. The first-order valence-corrected chi connectivity index (χ1v) is 12.4. The van der Waals surface area contributed by atoms with Gasteiger partial charge in [-0.15, -0.1) is 0 Å². The second kappa shape index (κ2) is 13.1. The van der Waals surface area contributed by atoms with Crippen molar-refractivity contribution in [3.8, 4) is 22.5 Å². The third-order valence-electron chi connectivity index (χ3n) is 6.09. The van der Waals surface area contributed by atoms with Crippen molar-refractivity contribution in [2.75, 3.05) is 0 Å². The summed E-state index contributed by atoms with van der Waals surface area (Å²) in [6, 6.07) is 13.6. The zero-order chi connectivity index (χ0) is 22.6. The SMILES string of the molecule is CCCCCCCc1ccc(-c2ccc(-c3ncc(CCCCCC)cn3)cc2F)cc1. The summed E-state index contributed by atoms with van der Waals surface area (Å²) >= 11 is 0. The maximum atomic E-state index is 14.9. The van der Waals surface area contributed by atoms with E-state index in [0.717, 1.165) is 30.4 Å². The number of hydrogen-bond donors (Lipinski definition) is 0. The lowest BCUT2D eigenvalue weighted by atomic mass is 9.99. The fraction of sp³-hybridized carbons (Fsp3) is 0.448. The van der Waals surface area contributed by atoms with Gasteiger partial charge in [0.25, 0.3) is 0 Å². The van der Waals surface area contributed by atoms with E-state index in [4.69, 9.17) is 0 Å². The highest BCUT2D eigenvalue weighted by atomic mass is 19.1. The van der Waals surface area contributed by atoms with Gasteiger partial charge in [-0.3, -0.25) is 0 Å². The molecule has 32 heavy (non-hydrogen) atoms. The van der Waals surface area contributed by atoms with Crippen molar-refractivity contribution in [3.63, 3.8) is 0 Å². The van der Waals surface area contributed by atoms with Crippen molar-refractivity contribution >= 4 is 0 Å². The number of hydrogen-bond acceptors (Lipinski definition) is 2. The maximum absolute atomic E-state index is 14.9. The van der Waals surface area contributed by atoms with Crippen molar-refractivity contribution in [1.82, 2.24) is 9.97 Å². The van der Waals surface area contributed by atoms with Gasteiger partial charge in [-0.2, -0.15) is 0 Å². The number of unbranched alkanes of at least 4 members (excludes halogenated alkanes) is 7. The second-order valence-corrected chi connectivity index (χ2v) is 8.78. The lowest BCUT2D eigenvalue weighted by molar-refractivity contribution is 0.631. The summed E-state index contributed by atoms with van der Waals surface area (Å²) in [5.74, 6) is 0.341. The highest BCUT2D eigenvalue weighted by molar-refractivity contribution is 5.68. The van der Waals surface area contributed by atoms with Crippen LogP contribution >= 0.6 is 0 Å². The van der Waals surface area contributed by atoms with Gasteiger partial charge in [0.15, 0.2) is 5.82 Å². The molecule has 0 atom stereocenters. The van der Waals surface area contributed by atoms with Gasteiger partial charge in [0.05, 0.1) is 0 Å². The number of benzene rings is 2. The molecule has 1 heterocycles. The Labute approximate surface area is 193 Å². The quantitative estimate of drug-likeness (QED) is 0.253. The fourth-order valence-electron chi connectivity index (χ4n) is 4.06. The topological polar surface area (TPSA) is 25.8 Å². The summed E-state index contributed by atoms with van der Waals surface area (Å²) in [5, 5.41) is 0. The molecule has 0 unspecified atom stereocenters. The Hall–Kier alpha value is -2.55. The Bertz CT molecular complexity index is 932. The summed E-state index contributed by atoms with van der Waals surface area (Å²) in [6.07, 6.45) is 17.2. The minimum Gasteiger partial charge on any atom is -0.236 e. The van der Waals surface area contributed by atoms with E-state index >= 15 is 0 Å². The van der Waals surface area contributed by atoms with Gasteiger partial charge in [-0.1, -0.05) is 95.2 Å². The number of aromatic nitrogens is 2. The Morgan fingerprint density at radius 3 is 1.81 bits per heavy atom. The lowest BCUT2D eigenvalue weighted by Crippen LogP contribution is -1.94. The van der Waals surface area contributed by atoms with Gasteiger partial charge in [-0.05, 0) is 48.4 Å². The molecule has 0 spiro atoms. The Morgan fingerprint density at radius 1 is 0.625 bits per heavy atom. The molecule has 0 aliphatic heterocycles. The van der Waals surface area contributed by atoms with Crippen molar-refractivity contribution in [1.29, 1.82) is 0 Å². The van der Waals surface area contributed by atoms with Gasteiger partial charge in [0, 0.05) is 23.5 Å². The van der Waals surface area contributed by atoms with Gasteiger partial charge < -0.3 is 0 Å². The molecular weight excluding hydrogens is 395 g/mol. The first-order chi connectivity index (χ1) is 15.7. The first-order valence-electron chi connectivity index (χ1n) is 12.4. The summed E-state index contributed by atoms with van der Waals surface area (Å²) < 4.78 is 14.9. The largest absolute Gasteiger partial charge is 0.236 e. The highest BCUT2D eigenvalue weighted by Crippen LogP contribution is 2.27. The summed E-state index contributed by atoms with van der Waals surface area (Å²) in [4.78, 5) is 8.94. The lowest BCUT2D eigenvalue weighted by Gasteiger charge is -2.08. The van der Waals surface area contributed by atoms with E-state index in [9.17, 15) is 4.39 Å². The van der Waals surface area contributed by atoms with Crippen LogP contribution in [0.3, 0.4) is 0 Å². The molecule has 0 amide bonds. The second-order valence-electron chi connectivity index (χ2n) is 8.78. The van der Waals surface area contributed by atoms with Gasteiger partial charge in [-0.25, -0.2) is 14.4 Å². The van der Waals surface area contributed by atoms with Crippen LogP contribution in [0, 0.1) is 5.82 Å². The highest BCUT2D eigenvalue weighted by Gasteiger charge is 2.09. The molecule has 170 valence electrons. The van der Waals surface area contributed by atoms with Crippen molar-refractivity contribution in [2.45, 2.75) is 84.5 Å². The van der Waals surface area contributed by atoms with Crippen LogP contribution < -0.4 is 0 Å². The van der Waals surface area contributed by atoms with Crippen LogP contribution in [0.2, 0.25) is 0 Å². The molecule has 0 radical (unpaired) electrons. The number of halogens is 1. The first kappa shape index (κ1) is 24.1. The third-order valence-corrected chi connectivity index (χ3v) is 6.09. The van der Waals surface area contributed by atoms with Crippen LogP contribution in [0.25, 0.3) is 22.5 Å². The van der Waals surface area contributed by atoms with E-state index in [-0.39, 0.29) is 5.82 Å². The Morgan fingerprint density at radius 2 is 1.19 bits per heavy atom. The average Bonchev–Trinajstić information content (AvgIpc) is 2.83. The smallest absolute Gasteiger partial charge is 0.159 e. The zero-order valence-electron chi connectivity index (χ0n) is 19.7. The van der Waals surface area contributed by atoms with Crippen LogP contribution in [-0.2, 0) is 12.8 Å². The molecule has 0 aliphatic carbocycles. The number of rotatable bonds is 13. The summed E-state index contributed by atoms with van der Waals surface area (Å²) in [7, 11) is 0. The van der Waals surface area contributed by atoms with Crippen LogP contribution in [-0.4, -0.2) is 9.97 Å². The van der Waals surface area contributed by atoms with Crippen molar-refractivity contribution in [3.05, 3.63) is 71.8 Å². The van der Waals surface area contributed by atoms with Crippen LogP contribution in [0.5, 0.6) is 0 Å². The molecule has 0 saturated carbocycles. The summed E-state index contributed by atoms with van der Waals surface area (Å²) in [6.45, 7) is 4.46. The normalized spacial score (nSPS) is 11.1. The molecule has 0 N–H and O–H groups in total. The van der Waals surface area contributed by atoms with E-state index < -0.39 is 0 Å². The van der Waals surface area contributed by atoms with Crippen molar-refractivity contribution < 1.29 is 4.39 Å². The average molecular weight is 433 g/mol. The molecule has 0 fully saturated rings. The van der Waals surface area contributed by atoms with Crippen LogP contribution in [0.4, 0.5) is 4.39 Å². The maximum Gasteiger partial charge on any atom is 0.159 e. The van der Waals surface area contributed by atoms with E-state index in [1.165, 1.54) is 56.9 Å². The molecule has 3 rings (SSSR count). The number of nitrogens with zero attached hydrogens (tertiary/aromatic N) is 2. The number of aryl methyl sites for hydroxylation is 2. The predicted octanol–water partition coefficient (Wildman–Crippen LogP) is 8.59. The predicted molar refractivity (Wildman–Crippen MR) is 133 cm³/mol. The van der Waals surface area contributed by atoms with Crippen LogP contribution in [0.1, 0.15) is 82.8 Å². The monoisotopic (exact) mass is 432 g/mol. The molecule has 2 nitrogen and oxygen atoms in total. The Balaban J connectivity index is 1.60. The molecule has 3 aromatic rings. The molecule has 0 bridgehead atoms. The molecular formula is C29H37FN2. The summed E-state index contributed by atoms with van der Waals surface area (Å²) in [5.41, 5.74) is 4.72. The van der Waals surface area contributed by atoms with Gasteiger partial charge in [0.1, 0.15) is 5.82 Å². The van der Waals surface area contributed by atoms with Crippen molar-refractivity contribution in [2.24, 2.45) is 0 Å². The van der Waals surface area contributed by atoms with E-state index in [0.29, 0.717) is 17.0 Å². The molecule has 3 heteroatoms. The van der Waals surface area contributed by atoms with E-state index in [1.807, 2.05) is 36.7 Å². The minimum absolute atomic E-state index is 0.234. The Kier molecular flexibility index (Phi) is 9.87. The third kappa shape index (κ3) is 7.25. The molecule has 0 aliphatic rings. The standard InChI is InChI=1S/C29H37FN2/c1-3-5-7-9-11-12-23-14-16-25(17-15-23)27-19-18-26(20-28(27)30)29-31-21-24(22-32-29)13-10-8-6-4-2/h14-22H,3-13H2,1-2H3. The van der Waals surface area contributed by atoms with Crippen LogP contribution in [0.15, 0.2) is 54.9 Å². The van der Waals surface area contributed by atoms with E-state index in [2.05, 4.69) is 35.9 Å². The zero-order valence-corrected chi connectivity index (χ0v) is 19.7. The minimum atomic E-state index is -0.234. The fourth-order valence-corrected chi connectivity index (χ4v) is 4.06.